The molecule has 0 bridgehead atoms. The van der Waals surface area contributed by atoms with Gasteiger partial charge in [0.15, 0.2) is 0 Å². The second kappa shape index (κ2) is 4.99. The minimum atomic E-state index is 0.509. The van der Waals surface area contributed by atoms with Crippen LogP contribution < -0.4 is 0 Å². The minimum absolute atomic E-state index is 0.509. The van der Waals surface area contributed by atoms with Gasteiger partial charge in [0.1, 0.15) is 5.76 Å². The molecular formula is C22H18O. The molecule has 0 fully saturated rings. The van der Waals surface area contributed by atoms with Crippen LogP contribution in [0, 0.1) is 0 Å². The van der Waals surface area contributed by atoms with Crippen LogP contribution in [0.25, 0.3) is 21.5 Å². The first-order valence-corrected chi connectivity index (χ1v) is 8.36. The molecule has 23 heavy (non-hydrogen) atoms. The van der Waals surface area contributed by atoms with E-state index in [0.29, 0.717) is 5.92 Å². The smallest absolute Gasteiger partial charge is 0.107 e. The topological polar surface area (TPSA) is 13.1 Å². The summed E-state index contributed by atoms with van der Waals surface area (Å²) < 4.78 is 5.67. The van der Waals surface area contributed by atoms with Gasteiger partial charge in [-0.05, 0) is 64.1 Å². The summed E-state index contributed by atoms with van der Waals surface area (Å²) in [6.45, 7) is 0. The lowest BCUT2D eigenvalue weighted by Gasteiger charge is -2.25. The second-order valence-corrected chi connectivity index (χ2v) is 6.54. The van der Waals surface area contributed by atoms with E-state index < -0.39 is 0 Å². The van der Waals surface area contributed by atoms with Gasteiger partial charge in [-0.2, -0.15) is 0 Å². The van der Waals surface area contributed by atoms with E-state index >= 15 is 0 Å². The van der Waals surface area contributed by atoms with Crippen LogP contribution in [0.2, 0.25) is 0 Å². The normalized spacial score (nSPS) is 17.5. The third kappa shape index (κ3) is 2.00. The number of aryl methyl sites for hydroxylation is 1. The Morgan fingerprint density at radius 1 is 0.783 bits per heavy atom. The molecule has 3 aromatic carbocycles. The highest BCUT2D eigenvalue weighted by atomic mass is 16.3. The van der Waals surface area contributed by atoms with Crippen molar-refractivity contribution in [3.8, 4) is 0 Å². The molecule has 112 valence electrons. The van der Waals surface area contributed by atoms with Crippen LogP contribution in [0.3, 0.4) is 0 Å². The molecule has 1 heteroatoms. The Labute approximate surface area is 135 Å². The fourth-order valence-corrected chi connectivity index (χ4v) is 4.12. The average Bonchev–Trinajstić information content (AvgIpc) is 3.15. The number of rotatable bonds is 1. The summed E-state index contributed by atoms with van der Waals surface area (Å²) in [6, 6.07) is 22.0. The molecule has 0 amide bonds. The fourth-order valence-electron chi connectivity index (χ4n) is 4.12. The Hall–Kier alpha value is -2.54. The van der Waals surface area contributed by atoms with Crippen molar-refractivity contribution in [1.29, 1.82) is 0 Å². The molecule has 1 aliphatic carbocycles. The van der Waals surface area contributed by atoms with Gasteiger partial charge in [0, 0.05) is 5.92 Å². The van der Waals surface area contributed by atoms with Crippen LogP contribution in [-0.4, -0.2) is 0 Å². The Balaban J connectivity index is 1.72. The number of benzene rings is 3. The molecule has 5 rings (SSSR count). The van der Waals surface area contributed by atoms with Crippen molar-refractivity contribution in [2.45, 2.75) is 25.2 Å². The van der Waals surface area contributed by atoms with Crippen molar-refractivity contribution in [3.63, 3.8) is 0 Å². The highest BCUT2D eigenvalue weighted by Crippen LogP contribution is 2.38. The van der Waals surface area contributed by atoms with Gasteiger partial charge in [-0.25, -0.2) is 0 Å². The van der Waals surface area contributed by atoms with Crippen LogP contribution in [-0.2, 0) is 12.8 Å². The second-order valence-electron chi connectivity index (χ2n) is 6.54. The highest BCUT2D eigenvalue weighted by molar-refractivity contribution is 6.08. The molecule has 0 saturated heterocycles. The highest BCUT2D eigenvalue weighted by Gasteiger charge is 2.23. The van der Waals surface area contributed by atoms with Gasteiger partial charge in [-0.3, -0.25) is 0 Å². The lowest BCUT2D eigenvalue weighted by atomic mass is 9.80. The first-order chi connectivity index (χ1) is 11.4. The molecule has 1 heterocycles. The summed E-state index contributed by atoms with van der Waals surface area (Å²) in [5, 5.41) is 5.46. The lowest BCUT2D eigenvalue weighted by Crippen LogP contribution is -2.12. The van der Waals surface area contributed by atoms with Crippen LogP contribution in [0.4, 0.5) is 0 Å². The molecule has 0 aliphatic heterocycles. The van der Waals surface area contributed by atoms with Crippen molar-refractivity contribution in [2.75, 3.05) is 0 Å². The van der Waals surface area contributed by atoms with Gasteiger partial charge in [-0.15, -0.1) is 0 Å². The summed E-state index contributed by atoms with van der Waals surface area (Å²) in [7, 11) is 0. The molecule has 0 N–H and O–H groups in total. The maximum atomic E-state index is 5.67. The van der Waals surface area contributed by atoms with Gasteiger partial charge in [-0.1, -0.05) is 48.5 Å². The molecule has 0 unspecified atom stereocenters. The molecule has 1 nitrogen and oxygen atoms in total. The van der Waals surface area contributed by atoms with Crippen molar-refractivity contribution >= 4 is 21.5 Å². The molecule has 0 spiro atoms. The van der Waals surface area contributed by atoms with E-state index in [4.69, 9.17) is 4.42 Å². The lowest BCUT2D eigenvalue weighted by molar-refractivity contribution is 0.435. The third-order valence-electron chi connectivity index (χ3n) is 5.29. The molecule has 0 radical (unpaired) electrons. The van der Waals surface area contributed by atoms with Crippen LogP contribution in [0.1, 0.15) is 29.2 Å². The Morgan fingerprint density at radius 2 is 1.70 bits per heavy atom. The SMILES string of the molecule is c1coc([C@@H]2CCc3ccc4c(ccc5ccccc54)c3C2)c1. The van der Waals surface area contributed by atoms with Crippen LogP contribution in [0.5, 0.6) is 0 Å². The molecule has 4 aromatic rings. The zero-order valence-electron chi connectivity index (χ0n) is 13.0. The van der Waals surface area contributed by atoms with Gasteiger partial charge in [0.2, 0.25) is 0 Å². The third-order valence-corrected chi connectivity index (χ3v) is 5.29. The maximum absolute atomic E-state index is 5.67. The van der Waals surface area contributed by atoms with Crippen LogP contribution >= 0.6 is 0 Å². The quantitative estimate of drug-likeness (QED) is 0.401. The van der Waals surface area contributed by atoms with Gasteiger partial charge >= 0.3 is 0 Å². The van der Waals surface area contributed by atoms with Crippen molar-refractivity contribution in [2.24, 2.45) is 0 Å². The van der Waals surface area contributed by atoms with Gasteiger partial charge in [0.25, 0.3) is 0 Å². The first kappa shape index (κ1) is 13.0. The zero-order chi connectivity index (χ0) is 15.2. The van der Waals surface area contributed by atoms with E-state index in [1.54, 1.807) is 6.26 Å². The van der Waals surface area contributed by atoms with Crippen molar-refractivity contribution in [1.82, 2.24) is 0 Å². The average molecular weight is 298 g/mol. The predicted molar refractivity (Wildman–Crippen MR) is 94.9 cm³/mol. The van der Waals surface area contributed by atoms with Gasteiger partial charge < -0.3 is 4.42 Å². The number of furan rings is 1. The monoisotopic (exact) mass is 298 g/mol. The standard InChI is InChI=1S/C22H18O/c1-2-5-18-15(4-1)9-12-20-19(18)11-10-16-7-8-17(14-21(16)20)22-6-3-13-23-22/h1-6,9-13,17H,7-8,14H2/t17-/m1/s1. The number of fused-ring (bicyclic) bond motifs is 5. The maximum Gasteiger partial charge on any atom is 0.107 e. The summed E-state index contributed by atoms with van der Waals surface area (Å²) in [6.07, 6.45) is 5.20. The van der Waals surface area contributed by atoms with E-state index in [2.05, 4.69) is 54.6 Å². The summed E-state index contributed by atoms with van der Waals surface area (Å²) in [4.78, 5) is 0. The minimum Gasteiger partial charge on any atom is -0.469 e. The Bertz CT molecular complexity index is 995. The van der Waals surface area contributed by atoms with Gasteiger partial charge in [0.05, 0.1) is 6.26 Å². The summed E-state index contributed by atoms with van der Waals surface area (Å²) >= 11 is 0. The van der Waals surface area contributed by atoms with Crippen molar-refractivity contribution in [3.05, 3.63) is 83.8 Å². The van der Waals surface area contributed by atoms with E-state index in [-0.39, 0.29) is 0 Å². The first-order valence-electron chi connectivity index (χ1n) is 8.36. The molecule has 1 aromatic heterocycles. The fraction of sp³-hybridized carbons (Fsp3) is 0.182. The van der Waals surface area contributed by atoms with Crippen LogP contribution in [0.15, 0.2) is 71.3 Å². The predicted octanol–water partition coefficient (Wildman–Crippen LogP) is 5.86. The molecular weight excluding hydrogens is 280 g/mol. The zero-order valence-corrected chi connectivity index (χ0v) is 13.0. The van der Waals surface area contributed by atoms with E-state index in [1.165, 1.54) is 39.1 Å². The van der Waals surface area contributed by atoms with E-state index in [1.807, 2.05) is 6.07 Å². The summed E-state index contributed by atoms with van der Waals surface area (Å²) in [5.74, 6) is 1.64. The number of hydrogen-bond donors (Lipinski definition) is 0. The summed E-state index contributed by atoms with van der Waals surface area (Å²) in [5.41, 5.74) is 3.02. The Morgan fingerprint density at radius 3 is 2.61 bits per heavy atom. The van der Waals surface area contributed by atoms with Crippen molar-refractivity contribution < 1.29 is 4.42 Å². The molecule has 1 atom stereocenters. The largest absolute Gasteiger partial charge is 0.469 e. The van der Waals surface area contributed by atoms with E-state index in [9.17, 15) is 0 Å². The number of hydrogen-bond acceptors (Lipinski definition) is 1. The molecule has 1 aliphatic rings. The van der Waals surface area contributed by atoms with E-state index in [0.717, 1.165) is 18.6 Å². The molecule has 0 saturated carbocycles. The Kier molecular flexibility index (Phi) is 2.81.